The maximum Gasteiger partial charge on any atom is 0.143 e. The van der Waals surface area contributed by atoms with E-state index in [9.17, 15) is 4.39 Å². The topological polar surface area (TPSA) is 50.9 Å². The lowest BCUT2D eigenvalue weighted by Crippen LogP contribution is -1.97. The predicted octanol–water partition coefficient (Wildman–Crippen LogP) is 3.51. The third-order valence-electron chi connectivity index (χ3n) is 2.34. The monoisotopic (exact) mass is 251 g/mol. The van der Waals surface area contributed by atoms with Gasteiger partial charge in [-0.2, -0.15) is 0 Å². The molecule has 0 spiro atoms. The maximum atomic E-state index is 13.2. The molecule has 2 aromatic rings. The van der Waals surface area contributed by atoms with Crippen molar-refractivity contribution in [2.24, 2.45) is 0 Å². The van der Waals surface area contributed by atoms with Crippen LogP contribution < -0.4 is 11.1 Å². The first-order valence-electron chi connectivity index (χ1n) is 5.00. The third kappa shape index (κ3) is 2.65. The Morgan fingerprint density at radius 1 is 1.35 bits per heavy atom. The molecule has 5 heteroatoms. The third-order valence-corrected chi connectivity index (χ3v) is 2.64. The SMILES string of the molecule is Cc1cnc(Nc2ccc(Cl)c(F)c2)cc1N. The van der Waals surface area contributed by atoms with E-state index in [0.717, 1.165) is 5.56 Å². The molecule has 1 aromatic heterocycles. The van der Waals surface area contributed by atoms with Crippen LogP contribution in [-0.2, 0) is 0 Å². The molecular formula is C12H11ClFN3. The fourth-order valence-corrected chi connectivity index (χ4v) is 1.45. The molecule has 0 aliphatic rings. The summed E-state index contributed by atoms with van der Waals surface area (Å²) >= 11 is 5.59. The van der Waals surface area contributed by atoms with Crippen LogP contribution in [0.3, 0.4) is 0 Å². The molecule has 0 fully saturated rings. The lowest BCUT2D eigenvalue weighted by Gasteiger charge is -2.07. The summed E-state index contributed by atoms with van der Waals surface area (Å²) in [6.45, 7) is 1.87. The van der Waals surface area contributed by atoms with E-state index in [0.29, 0.717) is 17.2 Å². The van der Waals surface area contributed by atoms with E-state index >= 15 is 0 Å². The number of pyridine rings is 1. The summed E-state index contributed by atoms with van der Waals surface area (Å²) in [6, 6.07) is 6.15. The average Bonchev–Trinajstić information content (AvgIpc) is 2.29. The van der Waals surface area contributed by atoms with E-state index in [-0.39, 0.29) is 5.02 Å². The van der Waals surface area contributed by atoms with Crippen LogP contribution in [0, 0.1) is 12.7 Å². The molecule has 3 nitrogen and oxygen atoms in total. The Bertz CT molecular complexity index is 508. The fraction of sp³-hybridized carbons (Fsp3) is 0.0833. The highest BCUT2D eigenvalue weighted by Crippen LogP contribution is 2.22. The molecule has 88 valence electrons. The van der Waals surface area contributed by atoms with E-state index in [1.807, 2.05) is 6.92 Å². The molecule has 0 saturated heterocycles. The molecule has 0 amide bonds. The van der Waals surface area contributed by atoms with Crippen molar-refractivity contribution in [3.63, 3.8) is 0 Å². The van der Waals surface area contributed by atoms with Crippen molar-refractivity contribution in [3.05, 3.63) is 46.9 Å². The molecule has 17 heavy (non-hydrogen) atoms. The van der Waals surface area contributed by atoms with E-state index < -0.39 is 5.82 Å². The molecular weight excluding hydrogens is 241 g/mol. The summed E-state index contributed by atoms with van der Waals surface area (Å²) in [5, 5.41) is 3.04. The molecule has 2 rings (SSSR count). The van der Waals surface area contributed by atoms with Gasteiger partial charge in [-0.25, -0.2) is 9.37 Å². The average molecular weight is 252 g/mol. The highest BCUT2D eigenvalue weighted by atomic mass is 35.5. The second kappa shape index (κ2) is 4.59. The first-order chi connectivity index (χ1) is 8.06. The van der Waals surface area contributed by atoms with Crippen LogP contribution in [0.2, 0.25) is 5.02 Å². The highest BCUT2D eigenvalue weighted by molar-refractivity contribution is 6.30. The summed E-state index contributed by atoms with van der Waals surface area (Å²) in [4.78, 5) is 4.14. The smallest absolute Gasteiger partial charge is 0.143 e. The van der Waals surface area contributed by atoms with Crippen molar-refractivity contribution in [2.45, 2.75) is 6.92 Å². The number of nitrogens with zero attached hydrogens (tertiary/aromatic N) is 1. The highest BCUT2D eigenvalue weighted by Gasteiger charge is 2.03. The normalized spacial score (nSPS) is 10.3. The molecule has 0 radical (unpaired) electrons. The first-order valence-corrected chi connectivity index (χ1v) is 5.38. The quantitative estimate of drug-likeness (QED) is 0.859. The van der Waals surface area contributed by atoms with Gasteiger partial charge in [0.15, 0.2) is 0 Å². The number of aromatic nitrogens is 1. The number of nitrogens with one attached hydrogen (secondary N) is 1. The van der Waals surface area contributed by atoms with Crippen molar-refractivity contribution < 1.29 is 4.39 Å². The Balaban J connectivity index is 2.25. The van der Waals surface area contributed by atoms with Gasteiger partial charge in [0.05, 0.1) is 5.02 Å². The number of nitrogens with two attached hydrogens (primary N) is 1. The van der Waals surface area contributed by atoms with Crippen molar-refractivity contribution in [1.29, 1.82) is 0 Å². The van der Waals surface area contributed by atoms with Gasteiger partial charge in [0.1, 0.15) is 11.6 Å². The zero-order valence-corrected chi connectivity index (χ0v) is 9.92. The zero-order valence-electron chi connectivity index (χ0n) is 9.17. The Morgan fingerprint density at radius 3 is 2.76 bits per heavy atom. The van der Waals surface area contributed by atoms with Gasteiger partial charge in [0.2, 0.25) is 0 Å². The molecule has 0 bridgehead atoms. The Hall–Kier alpha value is -1.81. The Labute approximate surface area is 103 Å². The largest absolute Gasteiger partial charge is 0.398 e. The fourth-order valence-electron chi connectivity index (χ4n) is 1.33. The van der Waals surface area contributed by atoms with Crippen molar-refractivity contribution in [2.75, 3.05) is 11.1 Å². The molecule has 1 aromatic carbocycles. The van der Waals surface area contributed by atoms with Gasteiger partial charge in [0, 0.05) is 23.6 Å². The summed E-state index contributed by atoms with van der Waals surface area (Å²) in [6.07, 6.45) is 1.66. The van der Waals surface area contributed by atoms with Crippen LogP contribution in [0.25, 0.3) is 0 Å². The predicted molar refractivity (Wildman–Crippen MR) is 68.1 cm³/mol. The van der Waals surface area contributed by atoms with Crippen molar-refractivity contribution in [3.8, 4) is 0 Å². The number of anilines is 3. The number of nitrogen functional groups attached to an aromatic ring is 1. The number of hydrogen-bond acceptors (Lipinski definition) is 3. The summed E-state index contributed by atoms with van der Waals surface area (Å²) in [7, 11) is 0. The molecule has 0 atom stereocenters. The van der Waals surface area contributed by atoms with Crippen LogP contribution in [0.5, 0.6) is 0 Å². The minimum atomic E-state index is -0.475. The van der Waals surface area contributed by atoms with Crippen LogP contribution >= 0.6 is 11.6 Å². The van der Waals surface area contributed by atoms with Crippen LogP contribution in [0.4, 0.5) is 21.6 Å². The van der Waals surface area contributed by atoms with Gasteiger partial charge in [-0.3, -0.25) is 0 Å². The van der Waals surface area contributed by atoms with Gasteiger partial charge in [-0.15, -0.1) is 0 Å². The van der Waals surface area contributed by atoms with Gasteiger partial charge >= 0.3 is 0 Å². The Kier molecular flexibility index (Phi) is 3.15. The zero-order chi connectivity index (χ0) is 12.4. The van der Waals surface area contributed by atoms with Crippen LogP contribution in [0.15, 0.2) is 30.5 Å². The number of benzene rings is 1. The molecule has 0 saturated carbocycles. The second-order valence-electron chi connectivity index (χ2n) is 3.68. The molecule has 1 heterocycles. The summed E-state index contributed by atoms with van der Waals surface area (Å²) < 4.78 is 13.2. The summed E-state index contributed by atoms with van der Waals surface area (Å²) in [5.41, 5.74) is 7.86. The van der Waals surface area contributed by atoms with Crippen molar-refractivity contribution in [1.82, 2.24) is 4.98 Å². The van der Waals surface area contributed by atoms with Crippen LogP contribution in [0.1, 0.15) is 5.56 Å². The lowest BCUT2D eigenvalue weighted by molar-refractivity contribution is 0.629. The number of aryl methyl sites for hydroxylation is 1. The lowest BCUT2D eigenvalue weighted by atomic mass is 10.2. The Morgan fingerprint density at radius 2 is 2.12 bits per heavy atom. The maximum absolute atomic E-state index is 13.2. The standard InChI is InChI=1S/C12H11ClFN3/c1-7-6-16-12(5-11(7)15)17-8-2-3-9(13)10(14)4-8/h2-6H,1H3,(H3,15,16,17). The molecule has 0 aliphatic carbocycles. The number of hydrogen-bond donors (Lipinski definition) is 2. The van der Waals surface area contributed by atoms with Gasteiger partial charge in [-0.1, -0.05) is 11.6 Å². The van der Waals surface area contributed by atoms with E-state index in [4.69, 9.17) is 17.3 Å². The van der Waals surface area contributed by atoms with E-state index in [2.05, 4.69) is 10.3 Å². The summed E-state index contributed by atoms with van der Waals surface area (Å²) in [5.74, 6) is 0.0894. The van der Waals surface area contributed by atoms with E-state index in [1.165, 1.54) is 12.1 Å². The number of rotatable bonds is 2. The minimum absolute atomic E-state index is 0.0897. The molecule has 0 aliphatic heterocycles. The van der Waals surface area contributed by atoms with Gasteiger partial charge < -0.3 is 11.1 Å². The van der Waals surface area contributed by atoms with Crippen LogP contribution in [-0.4, -0.2) is 4.98 Å². The first kappa shape index (κ1) is 11.7. The van der Waals surface area contributed by atoms with Crippen molar-refractivity contribution >= 4 is 28.8 Å². The van der Waals surface area contributed by atoms with E-state index in [1.54, 1.807) is 18.3 Å². The second-order valence-corrected chi connectivity index (χ2v) is 4.09. The molecule has 0 unspecified atom stereocenters. The van der Waals surface area contributed by atoms with Gasteiger partial charge in [0.25, 0.3) is 0 Å². The minimum Gasteiger partial charge on any atom is -0.398 e. The number of halogens is 2. The molecule has 3 N–H and O–H groups in total. The van der Waals surface area contributed by atoms with Gasteiger partial charge in [-0.05, 0) is 30.7 Å².